The molecule has 1 aromatic heterocycles. The van der Waals surface area contributed by atoms with Crippen LogP contribution in [-0.4, -0.2) is 10.6 Å². The first kappa shape index (κ1) is 17.1. The Bertz CT molecular complexity index is 858. The minimum atomic E-state index is -0.252. The summed E-state index contributed by atoms with van der Waals surface area (Å²) in [5, 5.41) is 6.37. The van der Waals surface area contributed by atoms with E-state index in [2.05, 4.69) is 27.3 Å². The highest BCUT2D eigenvalue weighted by molar-refractivity contribution is 6.31. The summed E-state index contributed by atoms with van der Waals surface area (Å²) in [7, 11) is 0. The first-order chi connectivity index (χ1) is 12.1. The maximum atomic E-state index is 12.2. The van der Waals surface area contributed by atoms with Crippen LogP contribution in [0.1, 0.15) is 16.8 Å². The van der Waals surface area contributed by atoms with Crippen LogP contribution < -0.4 is 10.6 Å². The lowest BCUT2D eigenvalue weighted by molar-refractivity contribution is 0.251. The van der Waals surface area contributed by atoms with Gasteiger partial charge < -0.3 is 15.2 Å². The minimum absolute atomic E-state index is 0.252. The zero-order valence-corrected chi connectivity index (χ0v) is 14.8. The van der Waals surface area contributed by atoms with Gasteiger partial charge >= 0.3 is 6.03 Å². The van der Waals surface area contributed by atoms with Gasteiger partial charge in [-0.3, -0.25) is 0 Å². The Morgan fingerprint density at radius 3 is 2.64 bits per heavy atom. The largest absolute Gasteiger partial charge is 0.345 e. The first-order valence-corrected chi connectivity index (χ1v) is 8.49. The number of rotatable bonds is 5. The smallest absolute Gasteiger partial charge is 0.319 e. The maximum absolute atomic E-state index is 12.2. The van der Waals surface area contributed by atoms with Gasteiger partial charge in [-0.25, -0.2) is 4.79 Å². The van der Waals surface area contributed by atoms with Gasteiger partial charge in [0.25, 0.3) is 0 Å². The van der Waals surface area contributed by atoms with Crippen molar-refractivity contribution in [3.63, 3.8) is 0 Å². The van der Waals surface area contributed by atoms with E-state index in [9.17, 15) is 4.79 Å². The van der Waals surface area contributed by atoms with Gasteiger partial charge in [0.15, 0.2) is 0 Å². The van der Waals surface area contributed by atoms with Crippen molar-refractivity contribution in [2.24, 2.45) is 0 Å². The van der Waals surface area contributed by atoms with Crippen molar-refractivity contribution in [1.82, 2.24) is 9.88 Å². The molecule has 0 unspecified atom stereocenters. The Labute approximate surface area is 152 Å². The molecule has 0 aliphatic heterocycles. The van der Waals surface area contributed by atoms with Gasteiger partial charge in [-0.05, 0) is 42.3 Å². The first-order valence-electron chi connectivity index (χ1n) is 8.11. The maximum Gasteiger partial charge on any atom is 0.319 e. The van der Waals surface area contributed by atoms with Gasteiger partial charge in [0, 0.05) is 29.1 Å². The van der Waals surface area contributed by atoms with Crippen molar-refractivity contribution >= 4 is 23.3 Å². The van der Waals surface area contributed by atoms with E-state index in [1.54, 1.807) is 6.07 Å². The van der Waals surface area contributed by atoms with Crippen molar-refractivity contribution in [3.05, 3.63) is 88.7 Å². The molecule has 0 atom stereocenters. The number of carbonyl (C=O) groups is 1. The molecule has 3 rings (SSSR count). The van der Waals surface area contributed by atoms with Crippen molar-refractivity contribution in [3.8, 4) is 0 Å². The number of hydrogen-bond acceptors (Lipinski definition) is 1. The van der Waals surface area contributed by atoms with Crippen molar-refractivity contribution < 1.29 is 4.79 Å². The fourth-order valence-electron chi connectivity index (χ4n) is 2.62. The van der Waals surface area contributed by atoms with Crippen LogP contribution in [0.2, 0.25) is 5.02 Å². The lowest BCUT2D eigenvalue weighted by Gasteiger charge is -2.13. The second-order valence-corrected chi connectivity index (χ2v) is 6.24. The van der Waals surface area contributed by atoms with Crippen molar-refractivity contribution in [1.29, 1.82) is 0 Å². The van der Waals surface area contributed by atoms with Gasteiger partial charge in [0.05, 0.1) is 6.54 Å². The summed E-state index contributed by atoms with van der Waals surface area (Å²) in [5.41, 5.74) is 3.83. The molecule has 4 nitrogen and oxygen atoms in total. The predicted octanol–water partition coefficient (Wildman–Crippen LogP) is 4.82. The number of carbonyl (C=O) groups excluding carboxylic acids is 1. The molecule has 0 saturated carbocycles. The van der Waals surface area contributed by atoms with Crippen LogP contribution in [0.5, 0.6) is 0 Å². The number of nitrogens with one attached hydrogen (secondary N) is 2. The van der Waals surface area contributed by atoms with Crippen LogP contribution >= 0.6 is 11.6 Å². The number of anilines is 1. The number of aromatic nitrogens is 1. The van der Waals surface area contributed by atoms with Gasteiger partial charge in [-0.1, -0.05) is 48.0 Å². The van der Waals surface area contributed by atoms with Crippen molar-refractivity contribution in [2.45, 2.75) is 20.0 Å². The van der Waals surface area contributed by atoms with E-state index in [0.29, 0.717) is 17.3 Å². The van der Waals surface area contributed by atoms with Gasteiger partial charge in [-0.15, -0.1) is 0 Å². The van der Waals surface area contributed by atoms with Crippen LogP contribution in [0.4, 0.5) is 10.5 Å². The van der Waals surface area contributed by atoms with Crippen LogP contribution in [0.25, 0.3) is 0 Å². The quantitative estimate of drug-likeness (QED) is 0.678. The molecule has 5 heteroatoms. The average molecular weight is 354 g/mol. The Morgan fingerprint density at radius 2 is 1.84 bits per heavy atom. The number of benzene rings is 2. The Balaban J connectivity index is 1.60. The summed E-state index contributed by atoms with van der Waals surface area (Å²) < 4.78 is 2.13. The molecular weight excluding hydrogens is 334 g/mol. The molecule has 128 valence electrons. The highest BCUT2D eigenvalue weighted by Gasteiger charge is 2.08. The van der Waals surface area contributed by atoms with Gasteiger partial charge in [0.1, 0.15) is 0 Å². The molecule has 0 radical (unpaired) electrons. The van der Waals surface area contributed by atoms with Gasteiger partial charge in [0.2, 0.25) is 0 Å². The van der Waals surface area contributed by atoms with Crippen LogP contribution in [0.15, 0.2) is 66.9 Å². The number of amides is 2. The topological polar surface area (TPSA) is 46.1 Å². The van der Waals surface area contributed by atoms with E-state index in [1.165, 1.54) is 5.56 Å². The van der Waals surface area contributed by atoms with Crippen LogP contribution in [0.3, 0.4) is 0 Å². The number of nitrogens with zero attached hydrogens (tertiary/aromatic N) is 1. The molecule has 0 bridgehead atoms. The standard InChI is InChI=1S/C20H20ClN3O/c1-15-18(21)10-5-11-19(15)23-20(25)22-13-17-9-6-12-24(17)14-16-7-3-2-4-8-16/h2-12H,13-14H2,1H3,(H2,22,23,25). The molecule has 3 aromatic rings. The SMILES string of the molecule is Cc1c(Cl)cccc1NC(=O)NCc1cccn1Cc1ccccc1. The number of hydrogen-bond donors (Lipinski definition) is 2. The van der Waals surface area contributed by atoms with E-state index in [1.807, 2.05) is 55.6 Å². The molecule has 0 saturated heterocycles. The van der Waals surface area contributed by atoms with E-state index in [4.69, 9.17) is 11.6 Å². The molecule has 2 amide bonds. The van der Waals surface area contributed by atoms with Crippen molar-refractivity contribution in [2.75, 3.05) is 5.32 Å². The third-order valence-corrected chi connectivity index (χ3v) is 4.47. The van der Waals surface area contributed by atoms with Crippen LogP contribution in [0, 0.1) is 6.92 Å². The van der Waals surface area contributed by atoms with Gasteiger partial charge in [-0.2, -0.15) is 0 Å². The third kappa shape index (κ3) is 4.43. The summed E-state index contributed by atoms with van der Waals surface area (Å²) in [4.78, 5) is 12.2. The summed E-state index contributed by atoms with van der Waals surface area (Å²) in [6.45, 7) is 3.11. The van der Waals surface area contributed by atoms with E-state index in [0.717, 1.165) is 17.8 Å². The summed E-state index contributed by atoms with van der Waals surface area (Å²) >= 11 is 6.08. The molecule has 1 heterocycles. The zero-order chi connectivity index (χ0) is 17.6. The lowest BCUT2D eigenvalue weighted by Crippen LogP contribution is -2.29. The highest BCUT2D eigenvalue weighted by atomic mass is 35.5. The number of urea groups is 1. The fourth-order valence-corrected chi connectivity index (χ4v) is 2.80. The molecule has 0 aliphatic rings. The lowest BCUT2D eigenvalue weighted by atomic mass is 10.2. The fraction of sp³-hybridized carbons (Fsp3) is 0.150. The zero-order valence-electron chi connectivity index (χ0n) is 14.0. The second kappa shape index (κ2) is 7.90. The molecule has 2 aromatic carbocycles. The molecule has 25 heavy (non-hydrogen) atoms. The third-order valence-electron chi connectivity index (χ3n) is 4.07. The van der Waals surface area contributed by atoms with Crippen LogP contribution in [-0.2, 0) is 13.1 Å². The normalized spacial score (nSPS) is 10.5. The molecule has 0 spiro atoms. The minimum Gasteiger partial charge on any atom is -0.345 e. The second-order valence-electron chi connectivity index (χ2n) is 5.83. The molecule has 0 aliphatic carbocycles. The van der Waals surface area contributed by atoms with E-state index >= 15 is 0 Å². The average Bonchev–Trinajstić information content (AvgIpc) is 3.05. The summed E-state index contributed by atoms with van der Waals surface area (Å²) in [6, 6.07) is 19.4. The Kier molecular flexibility index (Phi) is 5.41. The molecule has 0 fully saturated rings. The number of halogens is 1. The molecule has 2 N–H and O–H groups in total. The summed E-state index contributed by atoms with van der Waals surface area (Å²) in [6.07, 6.45) is 2.02. The van der Waals surface area contributed by atoms with E-state index < -0.39 is 0 Å². The molecular formula is C20H20ClN3O. The highest BCUT2D eigenvalue weighted by Crippen LogP contribution is 2.22. The Morgan fingerprint density at radius 1 is 1.04 bits per heavy atom. The summed E-state index contributed by atoms with van der Waals surface area (Å²) in [5.74, 6) is 0. The predicted molar refractivity (Wildman–Crippen MR) is 102 cm³/mol. The monoisotopic (exact) mass is 353 g/mol. The Hall–Kier alpha value is -2.72. The van der Waals surface area contributed by atoms with E-state index in [-0.39, 0.29) is 6.03 Å².